The largest absolute Gasteiger partial charge is 0.457 e. The standard InChI is InChI=1S/C27H21FN6O2/c1-4-5-24(35)33-20-9-8-19-25(26(20)28)27(30-14-29-19)32-17-6-11-23(16(2)12-17)36-18-7-10-22-21(13-18)31-15-34(22)3/h6-15H,1-3H3,(H,33,35)(H,29,30,32). The van der Waals surface area contributed by atoms with Gasteiger partial charge in [-0.05, 0) is 67.8 Å². The van der Waals surface area contributed by atoms with Crippen molar-refractivity contribution in [1.82, 2.24) is 19.5 Å². The number of benzene rings is 3. The molecule has 0 unspecified atom stereocenters. The van der Waals surface area contributed by atoms with Gasteiger partial charge in [-0.25, -0.2) is 19.3 Å². The first kappa shape index (κ1) is 22.8. The first-order valence-electron chi connectivity index (χ1n) is 11.1. The molecule has 3 aromatic carbocycles. The van der Waals surface area contributed by atoms with Gasteiger partial charge in [0.2, 0.25) is 0 Å². The number of aromatic nitrogens is 4. The minimum Gasteiger partial charge on any atom is -0.457 e. The van der Waals surface area contributed by atoms with Crippen molar-refractivity contribution in [2.24, 2.45) is 7.05 Å². The monoisotopic (exact) mass is 480 g/mol. The number of hydrogen-bond donors (Lipinski definition) is 2. The first-order chi connectivity index (χ1) is 17.4. The highest BCUT2D eigenvalue weighted by molar-refractivity contribution is 6.05. The van der Waals surface area contributed by atoms with Gasteiger partial charge in [-0.15, -0.1) is 0 Å². The second-order valence-electron chi connectivity index (χ2n) is 8.09. The van der Waals surface area contributed by atoms with Crippen LogP contribution in [0, 0.1) is 24.6 Å². The number of carbonyl (C=O) groups is 1. The lowest BCUT2D eigenvalue weighted by Crippen LogP contribution is -2.10. The summed E-state index contributed by atoms with van der Waals surface area (Å²) in [4.78, 5) is 24.6. The number of fused-ring (bicyclic) bond motifs is 2. The fourth-order valence-corrected chi connectivity index (χ4v) is 3.86. The molecule has 0 atom stereocenters. The van der Waals surface area contributed by atoms with Crippen molar-refractivity contribution >= 4 is 45.0 Å². The number of imidazole rings is 1. The van der Waals surface area contributed by atoms with Crippen LogP contribution in [0.15, 0.2) is 61.2 Å². The van der Waals surface area contributed by atoms with Crippen molar-refractivity contribution in [3.8, 4) is 23.3 Å². The Labute approximate surface area is 206 Å². The van der Waals surface area contributed by atoms with Gasteiger partial charge in [-0.3, -0.25) is 4.79 Å². The zero-order chi connectivity index (χ0) is 25.2. The molecule has 2 N–H and O–H groups in total. The zero-order valence-electron chi connectivity index (χ0n) is 19.8. The number of amides is 1. The topological polar surface area (TPSA) is 94.0 Å². The van der Waals surface area contributed by atoms with Gasteiger partial charge in [-0.1, -0.05) is 5.92 Å². The van der Waals surface area contributed by atoms with E-state index in [0.717, 1.165) is 16.6 Å². The molecule has 8 nitrogen and oxygen atoms in total. The molecule has 5 rings (SSSR count). The predicted molar refractivity (Wildman–Crippen MR) is 137 cm³/mol. The minimum absolute atomic E-state index is 0.00194. The van der Waals surface area contributed by atoms with Crippen LogP contribution >= 0.6 is 0 Å². The van der Waals surface area contributed by atoms with E-state index < -0.39 is 11.7 Å². The van der Waals surface area contributed by atoms with Gasteiger partial charge in [0.05, 0.1) is 34.0 Å². The SMILES string of the molecule is CC#CC(=O)Nc1ccc2ncnc(Nc3ccc(Oc4ccc5c(c4)ncn5C)c(C)c3)c2c1F. The van der Waals surface area contributed by atoms with Crippen LogP contribution < -0.4 is 15.4 Å². The summed E-state index contributed by atoms with van der Waals surface area (Å²) in [6.45, 7) is 3.45. The van der Waals surface area contributed by atoms with Gasteiger partial charge in [0.25, 0.3) is 5.91 Å². The third-order valence-corrected chi connectivity index (χ3v) is 5.59. The molecular formula is C27H21FN6O2. The summed E-state index contributed by atoms with van der Waals surface area (Å²) in [6, 6.07) is 14.3. The van der Waals surface area contributed by atoms with Gasteiger partial charge >= 0.3 is 0 Å². The summed E-state index contributed by atoms with van der Waals surface area (Å²) in [7, 11) is 1.94. The van der Waals surface area contributed by atoms with Gasteiger partial charge < -0.3 is 19.9 Å². The van der Waals surface area contributed by atoms with Gasteiger partial charge in [-0.2, -0.15) is 0 Å². The number of aryl methyl sites for hydroxylation is 2. The van der Waals surface area contributed by atoms with E-state index >= 15 is 4.39 Å². The second kappa shape index (κ2) is 9.35. The Balaban J connectivity index is 1.42. The van der Waals surface area contributed by atoms with E-state index in [-0.39, 0.29) is 16.9 Å². The summed E-state index contributed by atoms with van der Waals surface area (Å²) in [5.74, 6) is 5.19. The molecule has 178 valence electrons. The van der Waals surface area contributed by atoms with E-state index in [1.54, 1.807) is 12.4 Å². The normalized spacial score (nSPS) is 10.7. The number of rotatable bonds is 5. The highest BCUT2D eigenvalue weighted by Gasteiger charge is 2.15. The molecule has 0 aliphatic carbocycles. The van der Waals surface area contributed by atoms with Gasteiger partial charge in [0.15, 0.2) is 5.82 Å². The Morgan fingerprint density at radius 2 is 1.92 bits per heavy atom. The van der Waals surface area contributed by atoms with Crippen molar-refractivity contribution in [2.45, 2.75) is 13.8 Å². The second-order valence-corrected chi connectivity index (χ2v) is 8.09. The summed E-state index contributed by atoms with van der Waals surface area (Å²) in [6.07, 6.45) is 3.11. The molecule has 9 heteroatoms. The average molecular weight is 481 g/mol. The molecular weight excluding hydrogens is 459 g/mol. The van der Waals surface area contributed by atoms with Crippen LogP contribution in [0.2, 0.25) is 0 Å². The van der Waals surface area contributed by atoms with Crippen molar-refractivity contribution in [2.75, 3.05) is 10.6 Å². The fourth-order valence-electron chi connectivity index (χ4n) is 3.86. The maximum absolute atomic E-state index is 15.3. The highest BCUT2D eigenvalue weighted by Crippen LogP contribution is 2.33. The minimum atomic E-state index is -0.650. The summed E-state index contributed by atoms with van der Waals surface area (Å²) < 4.78 is 23.3. The molecule has 0 aliphatic rings. The molecule has 0 fully saturated rings. The van der Waals surface area contributed by atoms with Crippen LogP contribution in [-0.2, 0) is 11.8 Å². The molecule has 2 heterocycles. The van der Waals surface area contributed by atoms with E-state index in [4.69, 9.17) is 4.74 Å². The van der Waals surface area contributed by atoms with Crippen LogP contribution in [0.3, 0.4) is 0 Å². The Kier molecular flexibility index (Phi) is 5.92. The van der Waals surface area contributed by atoms with Gasteiger partial charge in [0, 0.05) is 18.8 Å². The number of halogens is 1. The number of ether oxygens (including phenoxy) is 1. The molecule has 5 aromatic rings. The fraction of sp³-hybridized carbons (Fsp3) is 0.111. The van der Waals surface area contributed by atoms with E-state index in [0.29, 0.717) is 22.7 Å². The molecule has 1 amide bonds. The Bertz CT molecular complexity index is 1700. The smallest absolute Gasteiger partial charge is 0.300 e. The zero-order valence-corrected chi connectivity index (χ0v) is 19.8. The number of nitrogens with zero attached hydrogens (tertiary/aromatic N) is 4. The van der Waals surface area contributed by atoms with Crippen molar-refractivity contribution in [3.05, 3.63) is 72.6 Å². The summed E-state index contributed by atoms with van der Waals surface area (Å²) in [5.41, 5.74) is 3.81. The third kappa shape index (κ3) is 4.40. The number of hydrogen-bond acceptors (Lipinski definition) is 6. The lowest BCUT2D eigenvalue weighted by atomic mass is 10.1. The number of carbonyl (C=O) groups excluding carboxylic acids is 1. The molecule has 0 saturated carbocycles. The van der Waals surface area contributed by atoms with E-state index in [9.17, 15) is 4.79 Å². The van der Waals surface area contributed by atoms with Crippen molar-refractivity contribution in [3.63, 3.8) is 0 Å². The van der Waals surface area contributed by atoms with Crippen molar-refractivity contribution in [1.29, 1.82) is 0 Å². The lowest BCUT2D eigenvalue weighted by molar-refractivity contribution is -0.111. The van der Waals surface area contributed by atoms with E-state index in [2.05, 4.69) is 37.4 Å². The maximum atomic E-state index is 15.3. The quantitative estimate of drug-likeness (QED) is 0.325. The molecule has 0 aliphatic heterocycles. The summed E-state index contributed by atoms with van der Waals surface area (Å²) in [5, 5.41) is 5.76. The van der Waals surface area contributed by atoms with Gasteiger partial charge in [0.1, 0.15) is 23.6 Å². The van der Waals surface area contributed by atoms with Crippen LogP contribution in [0.4, 0.5) is 21.6 Å². The Hall–Kier alpha value is -4.97. The average Bonchev–Trinajstić information content (AvgIpc) is 3.23. The first-order valence-corrected chi connectivity index (χ1v) is 11.1. The van der Waals surface area contributed by atoms with Crippen LogP contribution in [0.1, 0.15) is 12.5 Å². The number of nitrogens with one attached hydrogen (secondary N) is 2. The predicted octanol–water partition coefficient (Wildman–Crippen LogP) is 5.46. The molecule has 0 spiro atoms. The van der Waals surface area contributed by atoms with Crippen molar-refractivity contribution < 1.29 is 13.9 Å². The van der Waals surface area contributed by atoms with Crippen LogP contribution in [0.5, 0.6) is 11.5 Å². The Morgan fingerprint density at radius 1 is 1.06 bits per heavy atom. The molecule has 2 aromatic heterocycles. The third-order valence-electron chi connectivity index (χ3n) is 5.59. The molecule has 0 saturated heterocycles. The van der Waals surface area contributed by atoms with E-state index in [1.165, 1.54) is 19.3 Å². The molecule has 0 bridgehead atoms. The molecule has 36 heavy (non-hydrogen) atoms. The van der Waals surface area contributed by atoms with E-state index in [1.807, 2.05) is 54.9 Å². The van der Waals surface area contributed by atoms with Crippen LogP contribution in [-0.4, -0.2) is 25.4 Å². The van der Waals surface area contributed by atoms with Crippen LogP contribution in [0.25, 0.3) is 21.9 Å². The highest BCUT2D eigenvalue weighted by atomic mass is 19.1. The maximum Gasteiger partial charge on any atom is 0.300 e. The summed E-state index contributed by atoms with van der Waals surface area (Å²) >= 11 is 0. The lowest BCUT2D eigenvalue weighted by Gasteiger charge is -2.13. The Morgan fingerprint density at radius 3 is 2.72 bits per heavy atom. The molecule has 0 radical (unpaired) electrons. The number of anilines is 3.